The quantitative estimate of drug-likeness (QED) is 0.302. The van der Waals surface area contributed by atoms with E-state index in [1.54, 1.807) is 12.1 Å². The maximum absolute atomic E-state index is 12.8. The van der Waals surface area contributed by atoms with Gasteiger partial charge in [0.05, 0.1) is 24.0 Å². The van der Waals surface area contributed by atoms with Gasteiger partial charge in [-0.15, -0.1) is 0 Å². The minimum Gasteiger partial charge on any atom is -0.481 e. The van der Waals surface area contributed by atoms with Gasteiger partial charge in [0.15, 0.2) is 6.10 Å². The zero-order valence-electron chi connectivity index (χ0n) is 20.1. The number of aliphatic carboxylic acids is 1. The smallest absolute Gasteiger partial charge is 0.326 e. The van der Waals surface area contributed by atoms with E-state index in [-0.39, 0.29) is 24.8 Å². The second-order valence-corrected chi connectivity index (χ2v) is 10.2. The van der Waals surface area contributed by atoms with Crippen LogP contribution in [0.1, 0.15) is 42.9 Å². The van der Waals surface area contributed by atoms with Crippen molar-refractivity contribution in [1.29, 1.82) is 0 Å². The molecule has 0 saturated carbocycles. The van der Waals surface area contributed by atoms with Crippen molar-refractivity contribution < 1.29 is 44.3 Å². The first-order chi connectivity index (χ1) is 17.0. The molecule has 1 amide bonds. The lowest BCUT2D eigenvalue weighted by Crippen LogP contribution is -2.74. The number of nitrogens with zero attached hydrogens (tertiary/aromatic N) is 1. The molecule has 11 heteroatoms. The van der Waals surface area contributed by atoms with E-state index in [0.29, 0.717) is 30.7 Å². The second-order valence-electron chi connectivity index (χ2n) is 10.2. The van der Waals surface area contributed by atoms with Gasteiger partial charge >= 0.3 is 11.9 Å². The number of carboxylic acids is 1. The maximum Gasteiger partial charge on any atom is 0.326 e. The summed E-state index contributed by atoms with van der Waals surface area (Å²) in [5.74, 6) is -2.60. The van der Waals surface area contributed by atoms with Crippen LogP contribution >= 0.6 is 0 Å². The summed E-state index contributed by atoms with van der Waals surface area (Å²) in [6.07, 6.45) is 0.0254. The van der Waals surface area contributed by atoms with Gasteiger partial charge in [0.1, 0.15) is 23.7 Å². The molecule has 194 valence electrons. The lowest BCUT2D eigenvalue weighted by Gasteiger charge is -2.61. The molecule has 0 unspecified atom stereocenters. The van der Waals surface area contributed by atoms with Crippen LogP contribution in [-0.4, -0.2) is 86.7 Å². The minimum absolute atomic E-state index is 0.173. The van der Waals surface area contributed by atoms with Crippen LogP contribution in [-0.2, 0) is 37.6 Å². The summed E-state index contributed by atoms with van der Waals surface area (Å²) in [6, 6.07) is 1.99. The van der Waals surface area contributed by atoms with Crippen molar-refractivity contribution in [3.63, 3.8) is 0 Å². The zero-order valence-corrected chi connectivity index (χ0v) is 20.1. The van der Waals surface area contributed by atoms with Gasteiger partial charge in [0.25, 0.3) is 0 Å². The van der Waals surface area contributed by atoms with E-state index in [9.17, 15) is 34.8 Å². The van der Waals surface area contributed by atoms with Gasteiger partial charge in [-0.1, -0.05) is 12.1 Å². The van der Waals surface area contributed by atoms with Gasteiger partial charge in [0.2, 0.25) is 5.91 Å². The number of benzene rings is 1. The Balaban J connectivity index is 1.48. The van der Waals surface area contributed by atoms with Crippen molar-refractivity contribution in [2.45, 2.75) is 74.5 Å². The molecule has 2 aliphatic carbocycles. The molecule has 2 heterocycles. The van der Waals surface area contributed by atoms with Crippen molar-refractivity contribution in [3.8, 4) is 5.75 Å². The Morgan fingerprint density at radius 3 is 2.75 bits per heavy atom. The summed E-state index contributed by atoms with van der Waals surface area (Å²) in [5, 5.41) is 43.0. The number of piperidine rings is 1. The Labute approximate surface area is 207 Å². The highest BCUT2D eigenvalue weighted by Gasteiger charge is 2.71. The monoisotopic (exact) mass is 502 g/mol. The highest BCUT2D eigenvalue weighted by molar-refractivity contribution is 5.88. The topological polar surface area (TPSA) is 166 Å². The highest BCUT2D eigenvalue weighted by atomic mass is 16.6. The largest absolute Gasteiger partial charge is 0.481 e. The van der Waals surface area contributed by atoms with Gasteiger partial charge in [-0.2, -0.15) is 0 Å². The number of amides is 1. The predicted octanol–water partition coefficient (Wildman–Crippen LogP) is -0.660. The van der Waals surface area contributed by atoms with E-state index >= 15 is 0 Å². The van der Waals surface area contributed by atoms with Crippen LogP contribution in [0, 0.1) is 0 Å². The number of esters is 1. The maximum atomic E-state index is 12.8. The fourth-order valence-corrected chi connectivity index (χ4v) is 6.46. The lowest BCUT2D eigenvalue weighted by molar-refractivity contribution is -0.169. The number of hydrogen-bond donors (Lipinski definition) is 5. The summed E-state index contributed by atoms with van der Waals surface area (Å²) < 4.78 is 12.0. The van der Waals surface area contributed by atoms with Crippen molar-refractivity contribution >= 4 is 17.8 Å². The third-order valence-corrected chi connectivity index (χ3v) is 8.22. The van der Waals surface area contributed by atoms with E-state index in [0.717, 1.165) is 11.1 Å². The van der Waals surface area contributed by atoms with E-state index in [2.05, 4.69) is 10.2 Å². The molecular formula is C25H30N2O9. The number of likely N-dealkylation sites (tertiary alicyclic amines) is 1. The van der Waals surface area contributed by atoms with Crippen LogP contribution in [0.3, 0.4) is 0 Å². The molecule has 4 aliphatic rings. The molecule has 11 nitrogen and oxygen atoms in total. The Morgan fingerprint density at radius 2 is 2.08 bits per heavy atom. The number of hydrogen-bond acceptors (Lipinski definition) is 9. The van der Waals surface area contributed by atoms with E-state index in [4.69, 9.17) is 9.47 Å². The van der Waals surface area contributed by atoms with Crippen LogP contribution in [0.4, 0.5) is 0 Å². The second kappa shape index (κ2) is 8.55. The summed E-state index contributed by atoms with van der Waals surface area (Å²) >= 11 is 0. The number of likely N-dealkylation sites (N-methyl/N-ethyl adjacent to an activating group) is 1. The average molecular weight is 503 g/mol. The number of carbonyl (C=O) groups excluding carboxylic acids is 2. The molecule has 0 radical (unpaired) electrons. The summed E-state index contributed by atoms with van der Waals surface area (Å²) in [5.41, 5.74) is 0.358. The van der Waals surface area contributed by atoms with Crippen molar-refractivity contribution in [3.05, 3.63) is 40.7 Å². The third-order valence-electron chi connectivity index (χ3n) is 8.22. The van der Waals surface area contributed by atoms with Gasteiger partial charge < -0.3 is 40.1 Å². The summed E-state index contributed by atoms with van der Waals surface area (Å²) in [6.45, 7) is 1.61. The number of aliphatic hydroxyl groups excluding tert-OH is 2. The Bertz CT molecular complexity index is 1160. The van der Waals surface area contributed by atoms with Crippen molar-refractivity contribution in [1.82, 2.24) is 10.2 Å². The van der Waals surface area contributed by atoms with Gasteiger partial charge in [-0.25, -0.2) is 4.79 Å². The first kappa shape index (κ1) is 24.7. The van der Waals surface area contributed by atoms with Crippen molar-refractivity contribution in [2.75, 3.05) is 13.6 Å². The van der Waals surface area contributed by atoms with Gasteiger partial charge in [-0.3, -0.25) is 9.59 Å². The molecule has 5 rings (SSSR count). The van der Waals surface area contributed by atoms with Crippen LogP contribution in [0.25, 0.3) is 0 Å². The molecule has 36 heavy (non-hydrogen) atoms. The number of carbonyl (C=O) groups is 3. The molecule has 1 aromatic rings. The molecule has 2 aliphatic heterocycles. The molecular weight excluding hydrogens is 472 g/mol. The van der Waals surface area contributed by atoms with Crippen LogP contribution in [0.5, 0.6) is 5.75 Å². The molecule has 2 bridgehead atoms. The number of aliphatic hydroxyl groups is 3. The summed E-state index contributed by atoms with van der Waals surface area (Å²) in [4.78, 5) is 38.3. The van der Waals surface area contributed by atoms with Gasteiger partial charge in [0, 0.05) is 23.6 Å². The van der Waals surface area contributed by atoms with Crippen molar-refractivity contribution in [2.24, 2.45) is 0 Å². The predicted molar refractivity (Wildman–Crippen MR) is 123 cm³/mol. The zero-order chi connectivity index (χ0) is 26.0. The molecule has 1 spiro atoms. The molecule has 1 aromatic carbocycles. The third kappa shape index (κ3) is 3.37. The van der Waals surface area contributed by atoms with E-state index < -0.39 is 53.5 Å². The lowest BCUT2D eigenvalue weighted by atomic mass is 9.50. The average Bonchev–Trinajstić information content (AvgIpc) is 3.18. The van der Waals surface area contributed by atoms with Gasteiger partial charge in [-0.05, 0) is 45.0 Å². The van der Waals surface area contributed by atoms with E-state index in [1.165, 1.54) is 6.92 Å². The van der Waals surface area contributed by atoms with Crippen LogP contribution < -0.4 is 10.1 Å². The molecule has 6 atom stereocenters. The minimum atomic E-state index is -1.59. The van der Waals surface area contributed by atoms with Crippen LogP contribution in [0.15, 0.2) is 24.0 Å². The first-order valence-corrected chi connectivity index (χ1v) is 12.0. The number of ether oxygens (including phenoxy) is 2. The molecule has 1 saturated heterocycles. The Morgan fingerprint density at radius 1 is 1.33 bits per heavy atom. The fourth-order valence-electron chi connectivity index (χ4n) is 6.46. The summed E-state index contributed by atoms with van der Waals surface area (Å²) in [7, 11) is 1.97. The van der Waals surface area contributed by atoms with Crippen LogP contribution in [0.2, 0.25) is 0 Å². The molecule has 0 aromatic heterocycles. The number of nitrogens with one attached hydrogen (secondary N) is 1. The van der Waals surface area contributed by atoms with E-state index in [1.807, 2.05) is 13.1 Å². The Hall–Kier alpha value is -2.99. The molecule has 5 N–H and O–H groups in total. The standard InChI is InChI=1S/C25H30N2O9/c1-12(29)22(31)26-15(23(32)33)10-18(30)35-16-5-6-25(34)17-9-13-3-4-14(11-28)20-19(13)24(25,21(16)36-20)7-8-27(17)2/h3-5,12,15,17,21,28-29,34H,6-11H2,1-2H3,(H,26,31)(H,32,33)/t12-,15-,17+,21-,24-,25+/m0/s1. The normalized spacial score (nSPS) is 31.4. The number of rotatable bonds is 7. The highest BCUT2D eigenvalue weighted by Crippen LogP contribution is 2.64. The molecule has 1 fully saturated rings. The number of carboxylic acid groups (broad SMARTS) is 1. The first-order valence-electron chi connectivity index (χ1n) is 12.0. The fraction of sp³-hybridized carbons (Fsp3) is 0.560. The SMILES string of the molecule is C[C@H](O)C(=O)N[C@@H](CC(=O)OC1=CC[C@@]2(O)[C@H]3Cc4ccc(CO)c5c4[C@@]2(CCN3C)[C@H]1O5)C(=O)O. The Kier molecular flexibility index (Phi) is 5.86.